The van der Waals surface area contributed by atoms with Crippen molar-refractivity contribution in [2.24, 2.45) is 5.92 Å². The maximum atomic E-state index is 14.4. The molecule has 13 nitrogen and oxygen atoms in total. The largest absolute Gasteiger partial charge is 0.444 e. The van der Waals surface area contributed by atoms with E-state index in [4.69, 9.17) is 9.47 Å². The van der Waals surface area contributed by atoms with Gasteiger partial charge >= 0.3 is 12.2 Å². The standard InChI is InChI=1S/C39H49N5O8S/c1-25-16-18-30(19-17-25)53(50)42-35(47)39-21-28(39)14-8-6-5-7-9-15-31(40-36(48)52-38(2,3)4)34(46)44-24-29(20-32(44)33(45)41-39)51-37(49)43-22-26-12-10-11-13-27(26)23-43/h8,10-14,16-19,28-29,31-32H,5-7,9,15,20-24H2,1-4H3,(H,40,48)(H,41,45)(H,42,47)/b14-8-/t28-,29+,31-,32-,39+,53+/m0/s1. The van der Waals surface area contributed by atoms with Crippen LogP contribution in [0.3, 0.4) is 0 Å². The van der Waals surface area contributed by atoms with E-state index >= 15 is 0 Å². The number of nitrogens with one attached hydrogen (secondary N) is 3. The van der Waals surface area contributed by atoms with Crippen molar-refractivity contribution in [1.82, 2.24) is 25.2 Å². The third kappa shape index (κ3) is 9.09. The number of benzene rings is 2. The number of aryl methyl sites for hydroxylation is 1. The van der Waals surface area contributed by atoms with E-state index in [2.05, 4.69) is 15.4 Å². The molecule has 284 valence electrons. The Labute approximate surface area is 312 Å². The van der Waals surface area contributed by atoms with E-state index in [-0.39, 0.29) is 25.3 Å². The molecule has 0 spiro atoms. The molecule has 6 atom stereocenters. The Morgan fingerprint density at radius 1 is 0.981 bits per heavy atom. The highest BCUT2D eigenvalue weighted by atomic mass is 32.2. The summed E-state index contributed by atoms with van der Waals surface area (Å²) in [7, 11) is -1.88. The molecule has 6 rings (SSSR count). The SMILES string of the molecule is Cc1ccc([S@@](=O)NC(=O)[C@@]23C[C@@H]2/C=C\CCCCC[C@H](NC(=O)OC(C)(C)C)C(=O)N2C[C@H](OC(=O)N4Cc5ccccc5C4)C[C@H]2C(=O)N3)cc1. The van der Waals surface area contributed by atoms with Gasteiger partial charge in [-0.15, -0.1) is 0 Å². The molecular weight excluding hydrogens is 699 g/mol. The summed E-state index contributed by atoms with van der Waals surface area (Å²) in [5, 5.41) is 5.66. The molecule has 5 amide bonds. The van der Waals surface area contributed by atoms with Gasteiger partial charge in [-0.2, -0.15) is 0 Å². The van der Waals surface area contributed by atoms with Crippen LogP contribution in [-0.4, -0.2) is 79.8 Å². The summed E-state index contributed by atoms with van der Waals surface area (Å²) in [6.45, 7) is 7.76. The lowest BCUT2D eigenvalue weighted by molar-refractivity contribution is -0.141. The van der Waals surface area contributed by atoms with Crippen molar-refractivity contribution in [2.75, 3.05) is 6.54 Å². The first-order chi connectivity index (χ1) is 25.2. The molecule has 3 aliphatic heterocycles. The number of ether oxygens (including phenoxy) is 2. The highest BCUT2D eigenvalue weighted by molar-refractivity contribution is 7.83. The van der Waals surface area contributed by atoms with Crippen LogP contribution in [0.5, 0.6) is 0 Å². The molecule has 2 fully saturated rings. The highest BCUT2D eigenvalue weighted by Crippen LogP contribution is 2.46. The van der Waals surface area contributed by atoms with Gasteiger partial charge in [0.2, 0.25) is 11.8 Å². The molecular formula is C39H49N5O8S. The molecule has 1 saturated carbocycles. The molecule has 3 N–H and O–H groups in total. The molecule has 1 saturated heterocycles. The number of hydrogen-bond donors (Lipinski definition) is 3. The molecule has 0 aromatic heterocycles. The second-order valence-corrected chi connectivity index (χ2v) is 16.6. The fraction of sp³-hybridized carbons (Fsp3) is 0.513. The van der Waals surface area contributed by atoms with Crippen molar-refractivity contribution >= 4 is 40.9 Å². The van der Waals surface area contributed by atoms with Crippen LogP contribution in [0.25, 0.3) is 0 Å². The van der Waals surface area contributed by atoms with E-state index in [0.29, 0.717) is 30.8 Å². The molecule has 4 aliphatic rings. The van der Waals surface area contributed by atoms with Crippen molar-refractivity contribution in [1.29, 1.82) is 0 Å². The Balaban J connectivity index is 1.25. The summed E-state index contributed by atoms with van der Waals surface area (Å²) in [6, 6.07) is 12.6. The zero-order valence-corrected chi connectivity index (χ0v) is 31.5. The zero-order valence-electron chi connectivity index (χ0n) is 30.7. The molecule has 0 bridgehead atoms. The molecule has 0 radical (unpaired) electrons. The average molecular weight is 748 g/mol. The maximum Gasteiger partial charge on any atom is 0.410 e. The van der Waals surface area contributed by atoms with Crippen LogP contribution >= 0.6 is 0 Å². The number of carbonyl (C=O) groups excluding carboxylic acids is 5. The lowest BCUT2D eigenvalue weighted by atomic mass is 10.0. The molecule has 2 aromatic carbocycles. The molecule has 53 heavy (non-hydrogen) atoms. The average Bonchev–Trinajstić information content (AvgIpc) is 3.40. The number of fused-ring (bicyclic) bond motifs is 3. The Morgan fingerprint density at radius 3 is 2.36 bits per heavy atom. The highest BCUT2D eigenvalue weighted by Gasteiger charge is 2.61. The minimum Gasteiger partial charge on any atom is -0.444 e. The maximum absolute atomic E-state index is 14.4. The molecule has 14 heteroatoms. The summed E-state index contributed by atoms with van der Waals surface area (Å²) in [5.74, 6) is -2.07. The van der Waals surface area contributed by atoms with Crippen LogP contribution in [0.4, 0.5) is 9.59 Å². The van der Waals surface area contributed by atoms with Crippen LogP contribution in [0.2, 0.25) is 0 Å². The Hall–Kier alpha value is -4.72. The number of hydrogen-bond acceptors (Lipinski definition) is 8. The van der Waals surface area contributed by atoms with Crippen molar-refractivity contribution in [3.05, 3.63) is 77.4 Å². The van der Waals surface area contributed by atoms with Gasteiger partial charge in [-0.05, 0) is 76.6 Å². The first-order valence-corrected chi connectivity index (χ1v) is 19.5. The predicted octanol–water partition coefficient (Wildman–Crippen LogP) is 4.54. The summed E-state index contributed by atoms with van der Waals surface area (Å²) in [6.07, 6.45) is 5.25. The lowest BCUT2D eigenvalue weighted by Crippen LogP contribution is -2.58. The van der Waals surface area contributed by atoms with Gasteiger partial charge in [0.05, 0.1) is 11.4 Å². The third-order valence-electron chi connectivity index (χ3n) is 10.1. The van der Waals surface area contributed by atoms with Crippen molar-refractivity contribution in [2.45, 2.75) is 120 Å². The van der Waals surface area contributed by atoms with Crippen molar-refractivity contribution < 1.29 is 37.7 Å². The molecule has 1 aliphatic carbocycles. The number of rotatable bonds is 5. The van der Waals surface area contributed by atoms with Gasteiger partial charge in [0, 0.05) is 25.4 Å². The first kappa shape index (κ1) is 38.0. The lowest BCUT2D eigenvalue weighted by Gasteiger charge is -2.30. The Bertz CT molecular complexity index is 1770. The fourth-order valence-corrected chi connectivity index (χ4v) is 8.04. The van der Waals surface area contributed by atoms with Gasteiger partial charge in [0.15, 0.2) is 11.0 Å². The van der Waals surface area contributed by atoms with Crippen molar-refractivity contribution in [3.8, 4) is 0 Å². The van der Waals surface area contributed by atoms with E-state index < -0.39 is 70.2 Å². The number of carbonyl (C=O) groups is 5. The first-order valence-electron chi connectivity index (χ1n) is 18.3. The van der Waals surface area contributed by atoms with E-state index in [1.165, 1.54) is 4.90 Å². The monoisotopic (exact) mass is 747 g/mol. The van der Waals surface area contributed by atoms with Gasteiger partial charge in [-0.25, -0.2) is 13.8 Å². The minimum atomic E-state index is -1.88. The van der Waals surface area contributed by atoms with E-state index in [9.17, 15) is 28.2 Å². The number of allylic oxidation sites excluding steroid dienone is 1. The number of nitrogens with zero attached hydrogens (tertiary/aromatic N) is 2. The van der Waals surface area contributed by atoms with Gasteiger partial charge in [-0.3, -0.25) is 24.0 Å². The van der Waals surface area contributed by atoms with Crippen molar-refractivity contribution in [3.63, 3.8) is 0 Å². The van der Waals surface area contributed by atoms with E-state index in [1.54, 1.807) is 49.9 Å². The van der Waals surface area contributed by atoms with Gasteiger partial charge < -0.3 is 25.0 Å². The summed E-state index contributed by atoms with van der Waals surface area (Å²) in [4.78, 5) is 72.2. The topological polar surface area (TPSA) is 163 Å². The van der Waals surface area contributed by atoms with E-state index in [1.807, 2.05) is 43.3 Å². The fourth-order valence-electron chi connectivity index (χ4n) is 7.19. The van der Waals surface area contributed by atoms with Gasteiger partial charge in [0.1, 0.15) is 29.3 Å². The van der Waals surface area contributed by atoms with E-state index in [0.717, 1.165) is 36.0 Å². The van der Waals surface area contributed by atoms with Gasteiger partial charge in [0.25, 0.3) is 5.91 Å². The van der Waals surface area contributed by atoms with Crippen LogP contribution < -0.4 is 15.4 Å². The quantitative estimate of drug-likeness (QED) is 0.376. The zero-order chi connectivity index (χ0) is 37.9. The second-order valence-electron chi connectivity index (χ2n) is 15.4. The molecule has 2 aromatic rings. The minimum absolute atomic E-state index is 0.0171. The van der Waals surface area contributed by atoms with Crippen LogP contribution in [-0.2, 0) is 47.9 Å². The summed E-state index contributed by atoms with van der Waals surface area (Å²) < 4.78 is 27.2. The summed E-state index contributed by atoms with van der Waals surface area (Å²) in [5.41, 5.74) is 0.824. The Kier molecular flexibility index (Phi) is 11.3. The summed E-state index contributed by atoms with van der Waals surface area (Å²) >= 11 is 0. The molecule has 3 heterocycles. The van der Waals surface area contributed by atoms with Crippen LogP contribution in [0.15, 0.2) is 65.6 Å². The smallest absolute Gasteiger partial charge is 0.410 e. The number of alkyl carbamates (subject to hydrolysis) is 1. The molecule has 0 unspecified atom stereocenters. The van der Waals surface area contributed by atoms with Gasteiger partial charge in [-0.1, -0.05) is 67.0 Å². The predicted molar refractivity (Wildman–Crippen MR) is 196 cm³/mol. The van der Waals surface area contributed by atoms with Crippen LogP contribution in [0.1, 0.15) is 82.4 Å². The van der Waals surface area contributed by atoms with Crippen LogP contribution in [0, 0.1) is 12.8 Å². The normalized spacial score (nSPS) is 27.1. The number of amides is 5. The Morgan fingerprint density at radius 2 is 1.68 bits per heavy atom. The third-order valence-corrected chi connectivity index (χ3v) is 11.2. The second kappa shape index (κ2) is 15.7.